The topological polar surface area (TPSA) is 46.9 Å². The number of nitrogens with zero attached hydrogens (tertiary/aromatic N) is 2. The number of benzene rings is 1. The first-order chi connectivity index (χ1) is 9.15. The number of amides is 1. The number of hydrogen-bond donors (Lipinski definition) is 1. The molecule has 0 saturated carbocycles. The first-order valence-electron chi connectivity index (χ1n) is 5.84. The van der Waals surface area contributed by atoms with E-state index in [0.717, 1.165) is 15.9 Å². The third kappa shape index (κ3) is 2.42. The quantitative estimate of drug-likeness (QED) is 0.870. The lowest BCUT2D eigenvalue weighted by Crippen LogP contribution is -2.15. The summed E-state index contributed by atoms with van der Waals surface area (Å²) in [4.78, 5) is 11.7. The Morgan fingerprint density at radius 2 is 2.16 bits per heavy atom. The summed E-state index contributed by atoms with van der Waals surface area (Å²) in [6.45, 7) is 0. The summed E-state index contributed by atoms with van der Waals surface area (Å²) in [5, 5.41) is 7.30. The molecular formula is C13H12BrN3OS. The van der Waals surface area contributed by atoms with Crippen molar-refractivity contribution in [3.05, 3.63) is 46.1 Å². The number of nitrogens with one attached hydrogen (secondary N) is 1. The number of aromatic nitrogens is 2. The number of thioether (sulfide) groups is 1. The minimum atomic E-state index is 0.0226. The van der Waals surface area contributed by atoms with Crippen LogP contribution in [0.1, 0.15) is 16.4 Å². The first-order valence-corrected chi connectivity index (χ1v) is 7.68. The SMILES string of the molecule is Cn1ncc2c1NC(=O)CSC2c1ccc(Br)cc1. The molecular weight excluding hydrogens is 326 g/mol. The number of hydrogen-bond acceptors (Lipinski definition) is 3. The van der Waals surface area contributed by atoms with Crippen LogP contribution in [0.3, 0.4) is 0 Å². The van der Waals surface area contributed by atoms with Gasteiger partial charge in [0.1, 0.15) is 5.82 Å². The summed E-state index contributed by atoms with van der Waals surface area (Å²) >= 11 is 5.07. The van der Waals surface area contributed by atoms with Gasteiger partial charge in [0.15, 0.2) is 0 Å². The molecule has 1 aromatic heterocycles. The van der Waals surface area contributed by atoms with Crippen molar-refractivity contribution in [3.8, 4) is 0 Å². The molecule has 1 atom stereocenters. The maximum atomic E-state index is 11.7. The fourth-order valence-electron chi connectivity index (χ4n) is 2.13. The van der Waals surface area contributed by atoms with Crippen LogP contribution in [0, 0.1) is 0 Å². The van der Waals surface area contributed by atoms with E-state index < -0.39 is 0 Å². The molecule has 4 nitrogen and oxygen atoms in total. The fourth-order valence-corrected chi connectivity index (χ4v) is 3.49. The van der Waals surface area contributed by atoms with Crippen LogP contribution in [0.2, 0.25) is 0 Å². The van der Waals surface area contributed by atoms with Crippen molar-refractivity contribution in [1.82, 2.24) is 9.78 Å². The second-order valence-electron chi connectivity index (χ2n) is 4.36. The molecule has 0 radical (unpaired) electrons. The molecule has 6 heteroatoms. The van der Waals surface area contributed by atoms with Crippen molar-refractivity contribution in [2.24, 2.45) is 7.05 Å². The summed E-state index contributed by atoms with van der Waals surface area (Å²) in [6, 6.07) is 8.20. The lowest BCUT2D eigenvalue weighted by Gasteiger charge is -2.13. The fraction of sp³-hybridized carbons (Fsp3) is 0.231. The van der Waals surface area contributed by atoms with Gasteiger partial charge in [0.05, 0.1) is 17.2 Å². The van der Waals surface area contributed by atoms with E-state index in [2.05, 4.69) is 38.5 Å². The second kappa shape index (κ2) is 5.02. The molecule has 1 amide bonds. The molecule has 0 bridgehead atoms. The average molecular weight is 338 g/mol. The first kappa shape index (κ1) is 12.7. The zero-order valence-corrected chi connectivity index (χ0v) is 12.7. The van der Waals surface area contributed by atoms with E-state index in [1.807, 2.05) is 25.4 Å². The molecule has 2 aromatic rings. The van der Waals surface area contributed by atoms with Gasteiger partial charge in [0.2, 0.25) is 5.91 Å². The van der Waals surface area contributed by atoms with Gasteiger partial charge in [-0.2, -0.15) is 5.10 Å². The van der Waals surface area contributed by atoms with Crippen molar-refractivity contribution in [2.75, 3.05) is 11.1 Å². The van der Waals surface area contributed by atoms with Gasteiger partial charge in [-0.1, -0.05) is 28.1 Å². The molecule has 0 spiro atoms. The van der Waals surface area contributed by atoms with Gasteiger partial charge in [-0.05, 0) is 17.7 Å². The molecule has 0 fully saturated rings. The minimum Gasteiger partial charge on any atom is -0.310 e. The molecule has 19 heavy (non-hydrogen) atoms. The van der Waals surface area contributed by atoms with Gasteiger partial charge in [-0.15, -0.1) is 11.8 Å². The highest BCUT2D eigenvalue weighted by atomic mass is 79.9. The Kier molecular flexibility index (Phi) is 3.36. The van der Waals surface area contributed by atoms with E-state index in [9.17, 15) is 4.79 Å². The maximum Gasteiger partial charge on any atom is 0.235 e. The molecule has 2 heterocycles. The van der Waals surface area contributed by atoms with Crippen LogP contribution in [0.4, 0.5) is 5.82 Å². The molecule has 1 N–H and O–H groups in total. The number of carbonyl (C=O) groups excluding carboxylic acids is 1. The minimum absolute atomic E-state index is 0.0226. The van der Waals surface area contributed by atoms with Gasteiger partial charge in [0.25, 0.3) is 0 Å². The van der Waals surface area contributed by atoms with Crippen molar-refractivity contribution in [3.63, 3.8) is 0 Å². The predicted octanol–water partition coefficient (Wildman–Crippen LogP) is 2.96. The Bertz CT molecular complexity index is 623. The van der Waals surface area contributed by atoms with Crippen LogP contribution in [0.5, 0.6) is 0 Å². The number of rotatable bonds is 1. The number of aryl methyl sites for hydroxylation is 1. The molecule has 1 unspecified atom stereocenters. The monoisotopic (exact) mass is 337 g/mol. The summed E-state index contributed by atoms with van der Waals surface area (Å²) in [5.41, 5.74) is 2.24. The predicted molar refractivity (Wildman–Crippen MR) is 80.3 cm³/mol. The lowest BCUT2D eigenvalue weighted by atomic mass is 10.1. The highest BCUT2D eigenvalue weighted by molar-refractivity contribution is 9.10. The van der Waals surface area contributed by atoms with Crippen LogP contribution in [0.15, 0.2) is 34.9 Å². The maximum absolute atomic E-state index is 11.7. The average Bonchev–Trinajstić information content (AvgIpc) is 2.65. The van der Waals surface area contributed by atoms with Crippen molar-refractivity contribution < 1.29 is 4.79 Å². The van der Waals surface area contributed by atoms with Crippen LogP contribution >= 0.6 is 27.7 Å². The molecule has 1 aliphatic heterocycles. The number of carbonyl (C=O) groups is 1. The van der Waals surface area contributed by atoms with E-state index in [1.54, 1.807) is 16.4 Å². The van der Waals surface area contributed by atoms with Crippen LogP contribution in [-0.4, -0.2) is 21.4 Å². The summed E-state index contributed by atoms with van der Waals surface area (Å²) in [6.07, 6.45) is 1.83. The van der Waals surface area contributed by atoms with Gasteiger partial charge in [-0.3, -0.25) is 9.48 Å². The van der Waals surface area contributed by atoms with Crippen LogP contribution in [0.25, 0.3) is 0 Å². The Morgan fingerprint density at radius 3 is 2.89 bits per heavy atom. The normalized spacial score (nSPS) is 18.6. The van der Waals surface area contributed by atoms with Gasteiger partial charge < -0.3 is 5.32 Å². The Labute approximate surface area is 123 Å². The van der Waals surface area contributed by atoms with Crippen LogP contribution in [-0.2, 0) is 11.8 Å². The lowest BCUT2D eigenvalue weighted by molar-refractivity contribution is -0.113. The van der Waals surface area contributed by atoms with E-state index in [-0.39, 0.29) is 11.2 Å². The Hall–Kier alpha value is -1.27. The second-order valence-corrected chi connectivity index (χ2v) is 6.37. The van der Waals surface area contributed by atoms with Crippen molar-refractivity contribution in [2.45, 2.75) is 5.25 Å². The molecule has 1 aromatic carbocycles. The van der Waals surface area contributed by atoms with Crippen molar-refractivity contribution in [1.29, 1.82) is 0 Å². The highest BCUT2D eigenvalue weighted by Gasteiger charge is 2.26. The molecule has 1 aliphatic rings. The molecule has 98 valence electrons. The number of anilines is 1. The number of fused-ring (bicyclic) bond motifs is 1. The molecule has 3 rings (SSSR count). The van der Waals surface area contributed by atoms with Crippen LogP contribution < -0.4 is 5.32 Å². The third-order valence-corrected chi connectivity index (χ3v) is 4.88. The van der Waals surface area contributed by atoms with E-state index in [4.69, 9.17) is 0 Å². The van der Waals surface area contributed by atoms with Gasteiger partial charge in [-0.25, -0.2) is 0 Å². The van der Waals surface area contributed by atoms with Crippen molar-refractivity contribution >= 4 is 39.4 Å². The van der Waals surface area contributed by atoms with E-state index in [1.165, 1.54) is 5.56 Å². The third-order valence-electron chi connectivity index (χ3n) is 3.06. The van der Waals surface area contributed by atoms with Gasteiger partial charge in [0, 0.05) is 17.1 Å². The summed E-state index contributed by atoms with van der Waals surface area (Å²) in [5.74, 6) is 1.27. The number of halogens is 1. The summed E-state index contributed by atoms with van der Waals surface area (Å²) < 4.78 is 2.76. The zero-order chi connectivity index (χ0) is 13.4. The van der Waals surface area contributed by atoms with E-state index >= 15 is 0 Å². The molecule has 0 aliphatic carbocycles. The zero-order valence-electron chi connectivity index (χ0n) is 10.3. The highest BCUT2D eigenvalue weighted by Crippen LogP contribution is 2.41. The largest absolute Gasteiger partial charge is 0.310 e. The van der Waals surface area contributed by atoms with E-state index in [0.29, 0.717) is 5.75 Å². The summed E-state index contributed by atoms with van der Waals surface area (Å²) in [7, 11) is 1.84. The standard InChI is InChI=1S/C13H12BrN3OS/c1-17-13-10(6-15-17)12(19-7-11(18)16-13)8-2-4-9(14)5-3-8/h2-6,12H,7H2,1H3,(H,16,18). The Balaban J connectivity index is 2.06. The molecule has 0 saturated heterocycles. The van der Waals surface area contributed by atoms with Gasteiger partial charge >= 0.3 is 0 Å². The Morgan fingerprint density at radius 1 is 1.42 bits per heavy atom. The smallest absolute Gasteiger partial charge is 0.235 e.